The third-order valence-electron chi connectivity index (χ3n) is 6.73. The number of urea groups is 1. The lowest BCUT2D eigenvalue weighted by molar-refractivity contribution is 0.247. The van der Waals surface area contributed by atoms with Gasteiger partial charge in [0.15, 0.2) is 0 Å². The number of aliphatic imine (C=N–C) groups is 1. The van der Waals surface area contributed by atoms with E-state index in [1.54, 1.807) is 61.9 Å². The van der Waals surface area contributed by atoms with Gasteiger partial charge in [0, 0.05) is 43.5 Å². The van der Waals surface area contributed by atoms with E-state index in [2.05, 4.69) is 16.4 Å². The number of allylic oxidation sites excluding steroid dienone is 1. The Morgan fingerprint density at radius 2 is 1.94 bits per heavy atom. The quantitative estimate of drug-likeness (QED) is 0.593. The van der Waals surface area contributed by atoms with Crippen molar-refractivity contribution < 1.29 is 17.9 Å². The summed E-state index contributed by atoms with van der Waals surface area (Å²) in [5, 5.41) is 13.1. The highest BCUT2D eigenvalue weighted by Crippen LogP contribution is 2.43. The van der Waals surface area contributed by atoms with Crippen LogP contribution in [0.25, 0.3) is 11.1 Å². The molecule has 0 aromatic heterocycles. The van der Waals surface area contributed by atoms with Gasteiger partial charge < -0.3 is 15.8 Å². The summed E-state index contributed by atoms with van der Waals surface area (Å²) in [4.78, 5) is 15.7. The molecular weight excluding hydrogens is 478 g/mol. The van der Waals surface area contributed by atoms with Crippen molar-refractivity contribution in [2.24, 2.45) is 16.6 Å². The highest BCUT2D eigenvalue weighted by Gasteiger charge is 2.45. The maximum atomic E-state index is 14.2. The van der Waals surface area contributed by atoms with E-state index in [9.17, 15) is 18.5 Å². The van der Waals surface area contributed by atoms with Crippen molar-refractivity contribution in [3.63, 3.8) is 0 Å². The van der Waals surface area contributed by atoms with E-state index in [1.807, 2.05) is 0 Å². The van der Waals surface area contributed by atoms with Crippen molar-refractivity contribution in [3.8, 4) is 22.9 Å². The van der Waals surface area contributed by atoms with Crippen LogP contribution in [0.15, 0.2) is 64.6 Å². The smallest absolute Gasteiger partial charge is 0.312 e. The van der Waals surface area contributed by atoms with Gasteiger partial charge in [0.25, 0.3) is 0 Å². The van der Waals surface area contributed by atoms with Crippen LogP contribution in [0.5, 0.6) is 5.75 Å². The van der Waals surface area contributed by atoms with Crippen molar-refractivity contribution >= 4 is 22.3 Å². The lowest BCUT2D eigenvalue weighted by atomic mass is 9.70. The second-order valence-electron chi connectivity index (χ2n) is 8.82. The number of nitrogens with one attached hydrogen (secondary N) is 1. The zero-order valence-corrected chi connectivity index (χ0v) is 20.9. The zero-order valence-electron chi connectivity index (χ0n) is 20.1. The molecule has 0 bridgehead atoms. The number of carbonyl (C=O) groups excluding carboxylic acids is 1. The number of nitrogens with zero attached hydrogens (tertiary/aromatic N) is 3. The lowest BCUT2D eigenvalue weighted by Gasteiger charge is -2.35. The third-order valence-corrected chi connectivity index (χ3v) is 8.73. The number of piperidine rings is 1. The fourth-order valence-electron chi connectivity index (χ4n) is 4.82. The van der Waals surface area contributed by atoms with Crippen LogP contribution in [0.2, 0.25) is 0 Å². The van der Waals surface area contributed by atoms with Crippen molar-refractivity contribution in [1.29, 1.82) is 5.26 Å². The Balaban J connectivity index is 1.97. The third kappa shape index (κ3) is 4.72. The number of carbonyl (C=O) groups is 1. The number of hydrogen-bond acceptors (Lipinski definition) is 6. The number of nitrogens with two attached hydrogens (primary N) is 1. The topological polar surface area (TPSA) is 138 Å². The van der Waals surface area contributed by atoms with Crippen molar-refractivity contribution in [2.45, 2.75) is 29.6 Å². The van der Waals surface area contributed by atoms with Crippen LogP contribution in [-0.4, -0.2) is 51.7 Å². The van der Waals surface area contributed by atoms with E-state index in [4.69, 9.17) is 10.5 Å². The number of benzene rings is 2. The highest BCUT2D eigenvalue weighted by molar-refractivity contribution is 7.89. The standard InChI is InChI=1S/C26H29N5O4S/c1-35-21-10-8-19(9-11-21)22-6-5-7-23(24(22)36(33,34)31-14-3-2-4-15-31)26(18-27)12-13-29-16-20(26)17-30-25(28)32/h5-13,16,20H,2-4,14-15,17H2,1H3,(H3,28,30,32). The molecule has 2 aromatic carbocycles. The Kier molecular flexibility index (Phi) is 7.43. The molecule has 2 atom stereocenters. The molecule has 4 rings (SSSR count). The van der Waals surface area contributed by atoms with E-state index < -0.39 is 27.4 Å². The summed E-state index contributed by atoms with van der Waals surface area (Å²) in [6.07, 6.45) is 7.17. The largest absolute Gasteiger partial charge is 0.497 e. The molecule has 2 aliphatic heterocycles. The Bertz CT molecular complexity index is 1330. The molecule has 3 N–H and O–H groups in total. The average molecular weight is 508 g/mol. The van der Waals surface area contributed by atoms with E-state index in [-0.39, 0.29) is 11.4 Å². The number of primary amides is 1. The molecule has 2 aromatic rings. The van der Waals surface area contributed by atoms with Crippen molar-refractivity contribution in [2.75, 3.05) is 26.7 Å². The summed E-state index contributed by atoms with van der Waals surface area (Å²) in [7, 11) is -2.41. The van der Waals surface area contributed by atoms with E-state index in [0.29, 0.717) is 35.5 Å². The molecule has 0 spiro atoms. The van der Waals surface area contributed by atoms with Crippen LogP contribution < -0.4 is 15.8 Å². The summed E-state index contributed by atoms with van der Waals surface area (Å²) in [6.45, 7) is 0.858. The van der Waals surface area contributed by atoms with Gasteiger partial charge in [-0.3, -0.25) is 4.99 Å². The molecule has 2 heterocycles. The number of nitriles is 1. The first kappa shape index (κ1) is 25.4. The molecule has 188 valence electrons. The number of ether oxygens (including phenoxy) is 1. The number of sulfonamides is 1. The number of hydrogen-bond donors (Lipinski definition) is 2. The van der Waals surface area contributed by atoms with Gasteiger partial charge in [0.1, 0.15) is 11.2 Å². The molecule has 9 nitrogen and oxygen atoms in total. The van der Waals surface area contributed by atoms with Crippen LogP contribution in [-0.2, 0) is 15.4 Å². The fraction of sp³-hybridized carbons (Fsp3) is 0.346. The zero-order chi connectivity index (χ0) is 25.8. The Morgan fingerprint density at radius 3 is 2.58 bits per heavy atom. The predicted octanol–water partition coefficient (Wildman–Crippen LogP) is 3.18. The molecule has 10 heteroatoms. The molecule has 0 aliphatic carbocycles. The van der Waals surface area contributed by atoms with Crippen LogP contribution >= 0.6 is 0 Å². The van der Waals surface area contributed by atoms with Gasteiger partial charge in [-0.2, -0.15) is 9.57 Å². The fourth-order valence-corrected chi connectivity index (χ4v) is 6.80. The van der Waals surface area contributed by atoms with Gasteiger partial charge in [-0.1, -0.05) is 36.8 Å². The summed E-state index contributed by atoms with van der Waals surface area (Å²) in [5.41, 5.74) is 5.40. The van der Waals surface area contributed by atoms with Gasteiger partial charge in [0.05, 0.1) is 18.1 Å². The Labute approximate surface area is 211 Å². The number of rotatable bonds is 7. The maximum Gasteiger partial charge on any atom is 0.312 e. The number of methoxy groups -OCH3 is 1. The molecule has 0 saturated carbocycles. The van der Waals surface area contributed by atoms with Gasteiger partial charge in [-0.15, -0.1) is 0 Å². The van der Waals surface area contributed by atoms with Crippen molar-refractivity contribution in [3.05, 3.63) is 60.3 Å². The van der Waals surface area contributed by atoms with Crippen LogP contribution in [0.4, 0.5) is 4.79 Å². The SMILES string of the molecule is COc1ccc(-c2cccc(C3(C#N)C=CN=CC3CNC(N)=O)c2S(=O)(=O)N2CCCCC2)cc1. The van der Waals surface area contributed by atoms with Gasteiger partial charge in [-0.25, -0.2) is 13.2 Å². The number of amides is 2. The minimum absolute atomic E-state index is 0.0205. The molecule has 1 saturated heterocycles. The van der Waals surface area contributed by atoms with E-state index in [1.165, 1.54) is 10.5 Å². The van der Waals surface area contributed by atoms with Crippen LogP contribution in [0, 0.1) is 17.2 Å². The summed E-state index contributed by atoms with van der Waals surface area (Å²) >= 11 is 0. The summed E-state index contributed by atoms with van der Waals surface area (Å²) in [6, 6.07) is 13.9. The van der Waals surface area contributed by atoms with Gasteiger partial charge in [0.2, 0.25) is 10.0 Å². The van der Waals surface area contributed by atoms with Crippen LogP contribution in [0.3, 0.4) is 0 Å². The Morgan fingerprint density at radius 1 is 1.22 bits per heavy atom. The second-order valence-corrected chi connectivity index (χ2v) is 10.7. The van der Waals surface area contributed by atoms with E-state index in [0.717, 1.165) is 19.3 Å². The van der Waals surface area contributed by atoms with Crippen LogP contribution in [0.1, 0.15) is 24.8 Å². The Hall–Kier alpha value is -3.68. The first-order valence-electron chi connectivity index (χ1n) is 11.8. The molecule has 36 heavy (non-hydrogen) atoms. The predicted molar refractivity (Wildman–Crippen MR) is 137 cm³/mol. The average Bonchev–Trinajstić information content (AvgIpc) is 2.92. The summed E-state index contributed by atoms with van der Waals surface area (Å²) in [5.74, 6) is 0.00859. The molecule has 0 radical (unpaired) electrons. The molecule has 1 fully saturated rings. The van der Waals surface area contributed by atoms with E-state index >= 15 is 0 Å². The van der Waals surface area contributed by atoms with Crippen molar-refractivity contribution in [1.82, 2.24) is 9.62 Å². The van der Waals surface area contributed by atoms with Gasteiger partial charge >= 0.3 is 6.03 Å². The molecule has 2 aliphatic rings. The highest BCUT2D eigenvalue weighted by atomic mass is 32.2. The molecule has 2 unspecified atom stereocenters. The molecule has 2 amide bonds. The van der Waals surface area contributed by atoms with Gasteiger partial charge in [-0.05, 0) is 42.2 Å². The first-order valence-corrected chi connectivity index (χ1v) is 13.2. The summed E-state index contributed by atoms with van der Waals surface area (Å²) < 4.78 is 35.3. The maximum absolute atomic E-state index is 14.2. The first-order chi connectivity index (χ1) is 17.3. The second kappa shape index (κ2) is 10.5. The minimum Gasteiger partial charge on any atom is -0.497 e. The normalized spacial score (nSPS) is 22.1. The lowest BCUT2D eigenvalue weighted by Crippen LogP contribution is -2.45. The molecular formula is C26H29N5O4S. The monoisotopic (exact) mass is 507 g/mol. The minimum atomic E-state index is -3.98.